The molecule has 1 unspecified atom stereocenters. The molecule has 0 bridgehead atoms. The summed E-state index contributed by atoms with van der Waals surface area (Å²) in [4.78, 5) is 34.5. The van der Waals surface area contributed by atoms with Gasteiger partial charge < -0.3 is 20.1 Å². The van der Waals surface area contributed by atoms with Crippen LogP contribution in [0.4, 0.5) is 4.79 Å². The standard InChI is InChI=1S/C10H16N2O5/c1-17-8(13)2-4-11-10(16)12-5-3-7(6-12)9(14)15/h7H,2-6H2,1H3,(H,11,16)(H,14,15). The highest BCUT2D eigenvalue weighted by Crippen LogP contribution is 2.15. The SMILES string of the molecule is COC(=O)CCNC(=O)N1CCC(C(=O)O)C1. The average molecular weight is 244 g/mol. The molecule has 2 N–H and O–H groups in total. The van der Waals surface area contributed by atoms with Crippen LogP contribution in [0, 0.1) is 5.92 Å². The number of amides is 2. The van der Waals surface area contributed by atoms with E-state index in [1.54, 1.807) is 0 Å². The fraction of sp³-hybridized carbons (Fsp3) is 0.700. The van der Waals surface area contributed by atoms with Gasteiger partial charge in [0.15, 0.2) is 0 Å². The van der Waals surface area contributed by atoms with Gasteiger partial charge in [-0.3, -0.25) is 9.59 Å². The molecule has 7 heteroatoms. The number of urea groups is 1. The van der Waals surface area contributed by atoms with Crippen molar-refractivity contribution in [3.63, 3.8) is 0 Å². The lowest BCUT2D eigenvalue weighted by atomic mass is 10.1. The summed E-state index contributed by atoms with van der Waals surface area (Å²) in [6, 6.07) is -0.336. The molecule has 1 heterocycles. The zero-order chi connectivity index (χ0) is 12.8. The Morgan fingerprint density at radius 2 is 2.18 bits per heavy atom. The lowest BCUT2D eigenvalue weighted by Crippen LogP contribution is -2.39. The van der Waals surface area contributed by atoms with Gasteiger partial charge in [0.2, 0.25) is 0 Å². The Labute approximate surface area is 98.7 Å². The number of ether oxygens (including phenoxy) is 1. The molecule has 0 saturated carbocycles. The summed E-state index contributed by atoms with van der Waals surface area (Å²) < 4.78 is 4.42. The van der Waals surface area contributed by atoms with Gasteiger partial charge in [0.05, 0.1) is 19.4 Å². The molecule has 1 atom stereocenters. The number of hydrogen-bond acceptors (Lipinski definition) is 4. The van der Waals surface area contributed by atoms with E-state index in [-0.39, 0.29) is 25.5 Å². The molecule has 1 aliphatic heterocycles. The largest absolute Gasteiger partial charge is 0.481 e. The van der Waals surface area contributed by atoms with Gasteiger partial charge in [-0.2, -0.15) is 0 Å². The molecule has 0 aliphatic carbocycles. The van der Waals surface area contributed by atoms with Crippen molar-refractivity contribution in [2.24, 2.45) is 5.92 Å². The molecule has 2 amide bonds. The molecule has 0 radical (unpaired) electrons. The average Bonchev–Trinajstić information content (AvgIpc) is 2.78. The van der Waals surface area contributed by atoms with Crippen molar-refractivity contribution in [1.82, 2.24) is 10.2 Å². The first-order valence-corrected chi connectivity index (χ1v) is 5.37. The van der Waals surface area contributed by atoms with Crippen molar-refractivity contribution in [3.05, 3.63) is 0 Å². The number of carboxylic acids is 1. The third-order valence-electron chi connectivity index (χ3n) is 2.66. The predicted octanol–water partition coefficient (Wildman–Crippen LogP) is -0.334. The lowest BCUT2D eigenvalue weighted by molar-refractivity contribution is -0.141. The van der Waals surface area contributed by atoms with E-state index in [0.717, 1.165) is 0 Å². The fourth-order valence-corrected chi connectivity index (χ4v) is 1.63. The zero-order valence-corrected chi connectivity index (χ0v) is 9.64. The Bertz CT molecular complexity index is 318. The van der Waals surface area contributed by atoms with E-state index in [0.29, 0.717) is 13.0 Å². The quantitative estimate of drug-likeness (QED) is 0.660. The maximum Gasteiger partial charge on any atom is 0.317 e. The van der Waals surface area contributed by atoms with Crippen LogP contribution in [0.5, 0.6) is 0 Å². The Balaban J connectivity index is 2.25. The normalized spacial score (nSPS) is 18.9. The number of rotatable bonds is 4. The van der Waals surface area contributed by atoms with Gasteiger partial charge in [0.25, 0.3) is 0 Å². The second kappa shape index (κ2) is 6.07. The lowest BCUT2D eigenvalue weighted by Gasteiger charge is -2.16. The minimum absolute atomic E-state index is 0.110. The zero-order valence-electron chi connectivity index (χ0n) is 9.64. The summed E-state index contributed by atoms with van der Waals surface area (Å²) in [5.41, 5.74) is 0. The summed E-state index contributed by atoms with van der Waals surface area (Å²) in [7, 11) is 1.28. The Kier molecular flexibility index (Phi) is 4.74. The summed E-state index contributed by atoms with van der Waals surface area (Å²) in [6.45, 7) is 0.847. The molecule has 17 heavy (non-hydrogen) atoms. The number of methoxy groups -OCH3 is 1. The van der Waals surface area contributed by atoms with Crippen LogP contribution in [0.2, 0.25) is 0 Å². The maximum absolute atomic E-state index is 11.6. The Hall–Kier alpha value is -1.79. The van der Waals surface area contributed by atoms with E-state index in [2.05, 4.69) is 10.1 Å². The minimum Gasteiger partial charge on any atom is -0.481 e. The first-order chi connectivity index (χ1) is 8.04. The monoisotopic (exact) mass is 244 g/mol. The van der Waals surface area contributed by atoms with Crippen LogP contribution in [-0.2, 0) is 14.3 Å². The smallest absolute Gasteiger partial charge is 0.317 e. The van der Waals surface area contributed by atoms with E-state index in [1.807, 2.05) is 0 Å². The van der Waals surface area contributed by atoms with Crippen LogP contribution in [0.1, 0.15) is 12.8 Å². The van der Waals surface area contributed by atoms with Crippen molar-refractivity contribution in [3.8, 4) is 0 Å². The number of esters is 1. The highest BCUT2D eigenvalue weighted by Gasteiger charge is 2.30. The van der Waals surface area contributed by atoms with Crippen LogP contribution in [-0.4, -0.2) is 54.7 Å². The molecule has 0 aromatic rings. The minimum atomic E-state index is -0.880. The predicted molar refractivity (Wildman–Crippen MR) is 57.3 cm³/mol. The first-order valence-electron chi connectivity index (χ1n) is 5.37. The molecular weight excluding hydrogens is 228 g/mol. The van der Waals surface area contributed by atoms with E-state index in [9.17, 15) is 14.4 Å². The highest BCUT2D eigenvalue weighted by molar-refractivity contribution is 5.78. The van der Waals surface area contributed by atoms with Crippen molar-refractivity contribution in [1.29, 1.82) is 0 Å². The van der Waals surface area contributed by atoms with Gasteiger partial charge in [-0.05, 0) is 6.42 Å². The third kappa shape index (κ3) is 3.93. The van der Waals surface area contributed by atoms with Crippen molar-refractivity contribution in [2.75, 3.05) is 26.7 Å². The summed E-state index contributed by atoms with van der Waals surface area (Å²) in [5, 5.41) is 11.3. The molecular formula is C10H16N2O5. The van der Waals surface area contributed by atoms with Crippen molar-refractivity contribution >= 4 is 18.0 Å². The molecule has 1 rings (SSSR count). The molecule has 0 aromatic carbocycles. The molecule has 0 aromatic heterocycles. The summed E-state index contributed by atoms with van der Waals surface area (Å²) >= 11 is 0. The Morgan fingerprint density at radius 3 is 2.71 bits per heavy atom. The second-order valence-electron chi connectivity index (χ2n) is 3.83. The van der Waals surface area contributed by atoms with E-state index in [4.69, 9.17) is 5.11 Å². The van der Waals surface area contributed by atoms with E-state index >= 15 is 0 Å². The first kappa shape index (κ1) is 13.3. The van der Waals surface area contributed by atoms with Crippen molar-refractivity contribution < 1.29 is 24.2 Å². The van der Waals surface area contributed by atoms with Crippen LogP contribution >= 0.6 is 0 Å². The molecule has 1 fully saturated rings. The number of nitrogens with one attached hydrogen (secondary N) is 1. The third-order valence-corrected chi connectivity index (χ3v) is 2.66. The van der Waals surface area contributed by atoms with Crippen LogP contribution < -0.4 is 5.32 Å². The Morgan fingerprint density at radius 1 is 1.47 bits per heavy atom. The van der Waals surface area contributed by atoms with Crippen LogP contribution in [0.25, 0.3) is 0 Å². The van der Waals surface area contributed by atoms with E-state index < -0.39 is 17.9 Å². The fourth-order valence-electron chi connectivity index (χ4n) is 1.63. The van der Waals surface area contributed by atoms with Gasteiger partial charge in [0, 0.05) is 19.6 Å². The molecule has 1 saturated heterocycles. The number of nitrogens with zero attached hydrogens (tertiary/aromatic N) is 1. The van der Waals surface area contributed by atoms with Crippen molar-refractivity contribution in [2.45, 2.75) is 12.8 Å². The van der Waals surface area contributed by atoms with Gasteiger partial charge in [-0.25, -0.2) is 4.79 Å². The number of aliphatic carboxylic acids is 1. The van der Waals surface area contributed by atoms with Gasteiger partial charge in [-0.15, -0.1) is 0 Å². The number of carbonyl (C=O) groups is 3. The topological polar surface area (TPSA) is 95.9 Å². The van der Waals surface area contributed by atoms with Crippen LogP contribution in [0.15, 0.2) is 0 Å². The number of carboxylic acid groups (broad SMARTS) is 1. The molecule has 1 aliphatic rings. The summed E-state index contributed by atoms with van der Waals surface area (Å²) in [6.07, 6.45) is 0.582. The van der Waals surface area contributed by atoms with Crippen LogP contribution in [0.3, 0.4) is 0 Å². The molecule has 7 nitrogen and oxygen atoms in total. The summed E-state index contributed by atoms with van der Waals surface area (Å²) in [5.74, 6) is -1.76. The highest BCUT2D eigenvalue weighted by atomic mass is 16.5. The van der Waals surface area contributed by atoms with Gasteiger partial charge in [-0.1, -0.05) is 0 Å². The molecule has 0 spiro atoms. The number of hydrogen-bond donors (Lipinski definition) is 2. The molecule has 96 valence electrons. The second-order valence-corrected chi connectivity index (χ2v) is 3.83. The number of carbonyl (C=O) groups excluding carboxylic acids is 2. The maximum atomic E-state index is 11.6. The number of likely N-dealkylation sites (tertiary alicyclic amines) is 1. The van der Waals surface area contributed by atoms with Gasteiger partial charge in [0.1, 0.15) is 0 Å². The van der Waals surface area contributed by atoms with Gasteiger partial charge >= 0.3 is 18.0 Å². The van der Waals surface area contributed by atoms with E-state index in [1.165, 1.54) is 12.0 Å².